The molecule has 1 fully saturated rings. The van der Waals surface area contributed by atoms with Gasteiger partial charge in [-0.1, -0.05) is 15.9 Å². The minimum Gasteiger partial charge on any atom is -0.373 e. The molecule has 1 heterocycles. The van der Waals surface area contributed by atoms with E-state index in [0.717, 1.165) is 12.1 Å². The molecule has 2 N–H and O–H groups in total. The first-order valence-corrected chi connectivity index (χ1v) is 7.00. The van der Waals surface area contributed by atoms with Crippen molar-refractivity contribution in [2.24, 2.45) is 5.73 Å². The lowest BCUT2D eigenvalue weighted by Gasteiger charge is -2.34. The summed E-state index contributed by atoms with van der Waals surface area (Å²) in [4.78, 5) is 13.6. The summed E-state index contributed by atoms with van der Waals surface area (Å²) in [6.07, 6.45) is -0.325. The SMILES string of the molecule is CC(N)C1CN(C(=O)c2c(F)cc(Br)cc2F)CCO1. The molecule has 1 aliphatic heterocycles. The number of carbonyl (C=O) groups is 1. The van der Waals surface area contributed by atoms with Gasteiger partial charge in [0.05, 0.1) is 12.7 Å². The van der Waals surface area contributed by atoms with E-state index in [1.807, 2.05) is 0 Å². The average molecular weight is 349 g/mol. The van der Waals surface area contributed by atoms with Crippen molar-refractivity contribution in [1.82, 2.24) is 4.90 Å². The number of hydrogen-bond acceptors (Lipinski definition) is 3. The first-order valence-electron chi connectivity index (χ1n) is 6.21. The molecule has 20 heavy (non-hydrogen) atoms. The molecule has 0 aliphatic carbocycles. The largest absolute Gasteiger partial charge is 0.373 e. The first kappa shape index (κ1) is 15.3. The van der Waals surface area contributed by atoms with Crippen LogP contribution in [0.15, 0.2) is 16.6 Å². The van der Waals surface area contributed by atoms with E-state index in [-0.39, 0.29) is 29.7 Å². The van der Waals surface area contributed by atoms with Gasteiger partial charge in [-0.15, -0.1) is 0 Å². The van der Waals surface area contributed by atoms with E-state index in [0.29, 0.717) is 6.61 Å². The van der Waals surface area contributed by atoms with Crippen molar-refractivity contribution < 1.29 is 18.3 Å². The Morgan fingerprint density at radius 1 is 1.50 bits per heavy atom. The molecule has 0 spiro atoms. The van der Waals surface area contributed by atoms with Crippen LogP contribution in [0.2, 0.25) is 0 Å². The number of amides is 1. The van der Waals surface area contributed by atoms with Crippen LogP contribution in [-0.2, 0) is 4.74 Å². The second kappa shape index (κ2) is 6.15. The Morgan fingerprint density at radius 3 is 2.65 bits per heavy atom. The van der Waals surface area contributed by atoms with Crippen LogP contribution in [0, 0.1) is 11.6 Å². The first-order chi connectivity index (χ1) is 9.40. The Bertz CT molecular complexity index is 502. The van der Waals surface area contributed by atoms with E-state index in [9.17, 15) is 13.6 Å². The third-order valence-electron chi connectivity index (χ3n) is 3.19. The van der Waals surface area contributed by atoms with Gasteiger partial charge >= 0.3 is 0 Å². The van der Waals surface area contributed by atoms with Crippen molar-refractivity contribution in [3.05, 3.63) is 33.8 Å². The van der Waals surface area contributed by atoms with Crippen molar-refractivity contribution in [3.8, 4) is 0 Å². The van der Waals surface area contributed by atoms with Crippen LogP contribution in [0.4, 0.5) is 8.78 Å². The van der Waals surface area contributed by atoms with Gasteiger partial charge in [0.2, 0.25) is 0 Å². The second-order valence-corrected chi connectivity index (χ2v) is 5.68. The number of ether oxygens (including phenoxy) is 1. The van der Waals surface area contributed by atoms with Crippen molar-refractivity contribution in [1.29, 1.82) is 0 Å². The van der Waals surface area contributed by atoms with E-state index in [1.165, 1.54) is 4.90 Å². The molecule has 1 amide bonds. The summed E-state index contributed by atoms with van der Waals surface area (Å²) in [5.41, 5.74) is 5.19. The van der Waals surface area contributed by atoms with Crippen LogP contribution in [0.5, 0.6) is 0 Å². The summed E-state index contributed by atoms with van der Waals surface area (Å²) >= 11 is 2.98. The van der Waals surface area contributed by atoms with E-state index < -0.39 is 23.1 Å². The van der Waals surface area contributed by atoms with Gasteiger partial charge < -0.3 is 15.4 Å². The van der Waals surface area contributed by atoms with Gasteiger partial charge in [0.1, 0.15) is 17.2 Å². The monoisotopic (exact) mass is 348 g/mol. The van der Waals surface area contributed by atoms with Crippen LogP contribution < -0.4 is 5.73 Å². The highest BCUT2D eigenvalue weighted by atomic mass is 79.9. The average Bonchev–Trinajstić information content (AvgIpc) is 2.37. The molecule has 2 unspecified atom stereocenters. The van der Waals surface area contributed by atoms with Gasteiger partial charge in [-0.25, -0.2) is 8.78 Å². The van der Waals surface area contributed by atoms with Gasteiger partial charge in [0, 0.05) is 23.6 Å². The molecule has 1 aromatic rings. The quantitative estimate of drug-likeness (QED) is 0.888. The molecule has 1 aromatic carbocycles. The maximum Gasteiger partial charge on any atom is 0.259 e. The van der Waals surface area contributed by atoms with Crippen LogP contribution in [0.1, 0.15) is 17.3 Å². The highest BCUT2D eigenvalue weighted by molar-refractivity contribution is 9.10. The highest BCUT2D eigenvalue weighted by Gasteiger charge is 2.30. The van der Waals surface area contributed by atoms with Gasteiger partial charge in [-0.05, 0) is 19.1 Å². The molecule has 7 heteroatoms. The van der Waals surface area contributed by atoms with E-state index in [2.05, 4.69) is 15.9 Å². The molecule has 0 bridgehead atoms. The van der Waals surface area contributed by atoms with Crippen molar-refractivity contribution >= 4 is 21.8 Å². The Balaban J connectivity index is 2.23. The van der Waals surface area contributed by atoms with Gasteiger partial charge in [0.15, 0.2) is 0 Å². The smallest absolute Gasteiger partial charge is 0.259 e. The molecular formula is C13H15BrF2N2O2. The number of hydrogen-bond donors (Lipinski definition) is 1. The van der Waals surface area contributed by atoms with E-state index in [1.54, 1.807) is 6.92 Å². The van der Waals surface area contributed by atoms with Crippen LogP contribution in [-0.4, -0.2) is 42.6 Å². The normalized spacial score (nSPS) is 20.9. The number of morpholine rings is 1. The molecule has 1 aliphatic rings. The summed E-state index contributed by atoms with van der Waals surface area (Å²) in [6.45, 7) is 2.58. The Hall–Kier alpha value is -1.05. The number of nitrogens with two attached hydrogens (primary N) is 1. The number of halogens is 3. The number of carbonyl (C=O) groups excluding carboxylic acids is 1. The lowest BCUT2D eigenvalue weighted by molar-refractivity contribution is -0.0302. The molecule has 0 radical (unpaired) electrons. The van der Waals surface area contributed by atoms with Crippen LogP contribution in [0.25, 0.3) is 0 Å². The fourth-order valence-corrected chi connectivity index (χ4v) is 2.48. The fraction of sp³-hybridized carbons (Fsp3) is 0.462. The second-order valence-electron chi connectivity index (χ2n) is 4.76. The summed E-state index contributed by atoms with van der Waals surface area (Å²) in [6, 6.07) is 1.88. The Labute approximate surface area is 124 Å². The standard InChI is InChI=1S/C13H15BrF2N2O2/c1-7(17)11-6-18(2-3-20-11)13(19)12-9(15)4-8(14)5-10(12)16/h4-5,7,11H,2-3,6,17H2,1H3. The van der Waals surface area contributed by atoms with E-state index >= 15 is 0 Å². The third-order valence-corrected chi connectivity index (χ3v) is 3.65. The van der Waals surface area contributed by atoms with Gasteiger partial charge in [-0.3, -0.25) is 4.79 Å². The van der Waals surface area contributed by atoms with Crippen molar-refractivity contribution in [3.63, 3.8) is 0 Å². The Morgan fingerprint density at radius 2 is 2.10 bits per heavy atom. The number of nitrogens with zero attached hydrogens (tertiary/aromatic N) is 1. The molecule has 2 rings (SSSR count). The van der Waals surface area contributed by atoms with Crippen LogP contribution in [0.3, 0.4) is 0 Å². The summed E-state index contributed by atoms with van der Waals surface area (Å²) in [7, 11) is 0. The lowest BCUT2D eigenvalue weighted by atomic mass is 10.1. The highest BCUT2D eigenvalue weighted by Crippen LogP contribution is 2.22. The number of rotatable bonds is 2. The minimum absolute atomic E-state index is 0.228. The predicted octanol–water partition coefficient (Wildman–Crippen LogP) is 1.92. The maximum atomic E-state index is 13.8. The zero-order valence-electron chi connectivity index (χ0n) is 10.9. The lowest BCUT2D eigenvalue weighted by Crippen LogP contribution is -2.51. The molecule has 1 saturated heterocycles. The van der Waals surface area contributed by atoms with Crippen molar-refractivity contribution in [2.45, 2.75) is 19.1 Å². The summed E-state index contributed by atoms with van der Waals surface area (Å²) in [5, 5.41) is 0. The molecule has 0 aromatic heterocycles. The third kappa shape index (κ3) is 3.16. The maximum absolute atomic E-state index is 13.8. The molecular weight excluding hydrogens is 334 g/mol. The molecule has 2 atom stereocenters. The van der Waals surface area contributed by atoms with E-state index in [4.69, 9.17) is 10.5 Å². The fourth-order valence-electron chi connectivity index (χ4n) is 2.08. The zero-order chi connectivity index (χ0) is 14.9. The number of benzene rings is 1. The van der Waals surface area contributed by atoms with Crippen LogP contribution >= 0.6 is 15.9 Å². The van der Waals surface area contributed by atoms with Gasteiger partial charge in [-0.2, -0.15) is 0 Å². The summed E-state index contributed by atoms with van der Waals surface area (Å²) in [5.74, 6) is -2.45. The van der Waals surface area contributed by atoms with Crippen molar-refractivity contribution in [2.75, 3.05) is 19.7 Å². The Kier molecular flexibility index (Phi) is 4.72. The zero-order valence-corrected chi connectivity index (χ0v) is 12.5. The minimum atomic E-state index is -0.884. The molecule has 0 saturated carbocycles. The molecule has 4 nitrogen and oxygen atoms in total. The molecule has 110 valence electrons. The van der Waals surface area contributed by atoms with Gasteiger partial charge in [0.25, 0.3) is 5.91 Å². The predicted molar refractivity (Wildman–Crippen MR) is 73.4 cm³/mol. The summed E-state index contributed by atoms with van der Waals surface area (Å²) < 4.78 is 33.3. The topological polar surface area (TPSA) is 55.6 Å².